The molecule has 0 radical (unpaired) electrons. The van der Waals surface area contributed by atoms with Crippen LogP contribution in [0.4, 0.5) is 10.1 Å². The molecule has 0 aliphatic carbocycles. The molecule has 27 heavy (non-hydrogen) atoms. The first-order valence-electron chi connectivity index (χ1n) is 8.05. The molecule has 1 aliphatic heterocycles. The lowest BCUT2D eigenvalue weighted by molar-refractivity contribution is 0.205. The second kappa shape index (κ2) is 7.87. The average Bonchev–Trinajstić information content (AvgIpc) is 2.65. The largest absolute Gasteiger partial charge is 0.497 e. The van der Waals surface area contributed by atoms with E-state index in [0.717, 1.165) is 0 Å². The van der Waals surface area contributed by atoms with E-state index in [0.29, 0.717) is 24.7 Å². The number of nitrogens with zero attached hydrogens (tertiary/aromatic N) is 2. The van der Waals surface area contributed by atoms with Crippen molar-refractivity contribution < 1.29 is 27.0 Å². The van der Waals surface area contributed by atoms with E-state index in [-0.39, 0.29) is 28.8 Å². The molecular formula is C17H18ClFN2O5S. The van der Waals surface area contributed by atoms with Crippen LogP contribution in [-0.4, -0.2) is 53.1 Å². The van der Waals surface area contributed by atoms with E-state index < -0.39 is 20.8 Å². The van der Waals surface area contributed by atoms with E-state index in [2.05, 4.69) is 4.98 Å². The minimum atomic E-state index is -3.77. The third-order valence-electron chi connectivity index (χ3n) is 4.09. The highest BCUT2D eigenvalue weighted by molar-refractivity contribution is 7.91. The van der Waals surface area contributed by atoms with E-state index >= 15 is 0 Å². The average molecular weight is 417 g/mol. The van der Waals surface area contributed by atoms with Gasteiger partial charge in [-0.25, -0.2) is 8.42 Å². The molecule has 0 unspecified atom stereocenters. The van der Waals surface area contributed by atoms with Crippen LogP contribution in [0, 0.1) is 5.95 Å². The fourth-order valence-electron chi connectivity index (χ4n) is 2.74. The van der Waals surface area contributed by atoms with Gasteiger partial charge in [-0.3, -0.25) is 0 Å². The van der Waals surface area contributed by atoms with Gasteiger partial charge in [0.25, 0.3) is 0 Å². The summed E-state index contributed by atoms with van der Waals surface area (Å²) in [6.07, 6.45) is 0. The highest BCUT2D eigenvalue weighted by Gasteiger charge is 2.36. The maximum absolute atomic E-state index is 14.3. The molecule has 0 N–H and O–H groups in total. The van der Waals surface area contributed by atoms with Crippen LogP contribution in [0.25, 0.3) is 0 Å². The number of rotatable bonds is 6. The monoisotopic (exact) mass is 416 g/mol. The van der Waals surface area contributed by atoms with Gasteiger partial charge in [0.2, 0.25) is 11.8 Å². The van der Waals surface area contributed by atoms with Crippen molar-refractivity contribution in [3.05, 3.63) is 35.2 Å². The lowest BCUT2D eigenvalue weighted by Gasteiger charge is -2.32. The van der Waals surface area contributed by atoms with Gasteiger partial charge in [-0.1, -0.05) is 11.6 Å². The van der Waals surface area contributed by atoms with Gasteiger partial charge in [-0.15, -0.1) is 0 Å². The molecule has 0 saturated carbocycles. The Balaban J connectivity index is 2.11. The predicted octanol–water partition coefficient (Wildman–Crippen LogP) is 2.92. The van der Waals surface area contributed by atoms with Gasteiger partial charge in [-0.05, 0) is 24.3 Å². The number of sulfone groups is 1. The smallest absolute Gasteiger partial charge is 0.247 e. The predicted molar refractivity (Wildman–Crippen MR) is 98.4 cm³/mol. The molecule has 0 saturated heterocycles. The van der Waals surface area contributed by atoms with E-state index in [1.54, 1.807) is 29.2 Å². The first-order chi connectivity index (χ1) is 12.9. The second-order valence-electron chi connectivity index (χ2n) is 5.78. The van der Waals surface area contributed by atoms with Crippen LogP contribution in [0.15, 0.2) is 29.2 Å². The number of methoxy groups -OCH3 is 2. The highest BCUT2D eigenvalue weighted by Crippen LogP contribution is 2.44. The van der Waals surface area contributed by atoms with Crippen LogP contribution in [0.3, 0.4) is 0 Å². The number of aromatic nitrogens is 1. The molecule has 0 bridgehead atoms. The zero-order chi connectivity index (χ0) is 19.6. The summed E-state index contributed by atoms with van der Waals surface area (Å²) in [4.78, 5) is 5.16. The molecule has 0 fully saturated rings. The van der Waals surface area contributed by atoms with Crippen LogP contribution in [0.1, 0.15) is 0 Å². The molecule has 1 aromatic carbocycles. The Hall–Kier alpha value is -2.10. The Morgan fingerprint density at radius 3 is 2.52 bits per heavy atom. The third-order valence-corrected chi connectivity index (χ3v) is 6.29. The Labute approximate surface area is 161 Å². The summed E-state index contributed by atoms with van der Waals surface area (Å²) in [5, 5.41) is -0.533. The number of fused-ring (bicyclic) bond motifs is 1. The van der Waals surface area contributed by atoms with Gasteiger partial charge >= 0.3 is 0 Å². The first-order valence-corrected chi connectivity index (χ1v) is 10.1. The molecule has 1 aromatic heterocycles. The van der Waals surface area contributed by atoms with Crippen molar-refractivity contribution in [1.29, 1.82) is 0 Å². The number of pyridine rings is 1. The molecule has 3 rings (SSSR count). The Morgan fingerprint density at radius 1 is 1.22 bits per heavy atom. The minimum Gasteiger partial charge on any atom is -0.497 e. The van der Waals surface area contributed by atoms with E-state index in [1.807, 2.05) is 0 Å². The molecule has 2 heterocycles. The van der Waals surface area contributed by atoms with Crippen LogP contribution >= 0.6 is 11.6 Å². The van der Waals surface area contributed by atoms with Crippen molar-refractivity contribution in [2.45, 2.75) is 4.90 Å². The molecular weight excluding hydrogens is 399 g/mol. The topological polar surface area (TPSA) is 78.0 Å². The van der Waals surface area contributed by atoms with E-state index in [1.165, 1.54) is 14.2 Å². The standard InChI is InChI=1S/C17H18ClFN2O5S/c1-24-9-7-21-8-10-27(22,23)15-13(18)16(19)20-17(14(15)21)26-12-5-3-11(25-2)4-6-12/h3-6H,7-10H2,1-2H3. The summed E-state index contributed by atoms with van der Waals surface area (Å²) in [6, 6.07) is 6.54. The van der Waals surface area contributed by atoms with Crippen molar-refractivity contribution in [3.8, 4) is 17.4 Å². The molecule has 0 spiro atoms. The Kier molecular flexibility index (Phi) is 5.73. The van der Waals surface area contributed by atoms with Gasteiger partial charge in [0.1, 0.15) is 27.1 Å². The maximum atomic E-state index is 14.3. The number of hydrogen-bond acceptors (Lipinski definition) is 7. The Bertz CT molecular complexity index is 937. The van der Waals surface area contributed by atoms with Crippen LogP contribution in [-0.2, 0) is 14.6 Å². The van der Waals surface area contributed by atoms with E-state index in [9.17, 15) is 12.8 Å². The van der Waals surface area contributed by atoms with E-state index in [4.69, 9.17) is 25.8 Å². The fraction of sp³-hybridized carbons (Fsp3) is 0.353. The molecule has 146 valence electrons. The summed E-state index contributed by atoms with van der Waals surface area (Å²) in [7, 11) is -0.710. The zero-order valence-corrected chi connectivity index (χ0v) is 16.3. The van der Waals surface area contributed by atoms with Crippen molar-refractivity contribution in [1.82, 2.24) is 4.98 Å². The fourth-order valence-corrected chi connectivity index (χ4v) is 4.76. The van der Waals surface area contributed by atoms with Crippen molar-refractivity contribution >= 4 is 27.1 Å². The van der Waals surface area contributed by atoms with Crippen molar-refractivity contribution in [2.24, 2.45) is 0 Å². The lowest BCUT2D eigenvalue weighted by Crippen LogP contribution is -2.38. The summed E-state index contributed by atoms with van der Waals surface area (Å²) in [5.74, 6) is -0.493. The minimum absolute atomic E-state index is 0.139. The summed E-state index contributed by atoms with van der Waals surface area (Å²) >= 11 is 5.96. The third kappa shape index (κ3) is 3.95. The second-order valence-corrected chi connectivity index (χ2v) is 8.20. The van der Waals surface area contributed by atoms with Gasteiger partial charge < -0.3 is 19.1 Å². The molecule has 0 amide bonds. The lowest BCUT2D eigenvalue weighted by atomic mass is 10.3. The number of benzene rings is 1. The van der Waals surface area contributed by atoms with Gasteiger partial charge in [0, 0.05) is 20.2 Å². The quantitative estimate of drug-likeness (QED) is 0.670. The van der Waals surface area contributed by atoms with Crippen LogP contribution in [0.2, 0.25) is 5.02 Å². The normalized spacial score (nSPS) is 15.3. The SMILES string of the molecule is COCCN1CCS(=O)(=O)c2c(Cl)c(F)nc(Oc3ccc(OC)cc3)c21. The molecule has 2 aromatic rings. The number of ether oxygens (including phenoxy) is 3. The van der Waals surface area contributed by atoms with Gasteiger partial charge in [-0.2, -0.15) is 9.37 Å². The summed E-state index contributed by atoms with van der Waals surface area (Å²) in [6.45, 7) is 0.916. The summed E-state index contributed by atoms with van der Waals surface area (Å²) in [5.41, 5.74) is 0.139. The van der Waals surface area contributed by atoms with Gasteiger partial charge in [0.05, 0.1) is 19.5 Å². The molecule has 10 heteroatoms. The van der Waals surface area contributed by atoms with Crippen molar-refractivity contribution in [3.63, 3.8) is 0 Å². The molecule has 0 atom stereocenters. The number of anilines is 1. The van der Waals surface area contributed by atoms with Crippen LogP contribution < -0.4 is 14.4 Å². The van der Waals surface area contributed by atoms with Crippen molar-refractivity contribution in [2.75, 3.05) is 44.6 Å². The summed E-state index contributed by atoms with van der Waals surface area (Å²) < 4.78 is 55.2. The zero-order valence-electron chi connectivity index (χ0n) is 14.7. The Morgan fingerprint density at radius 2 is 1.89 bits per heavy atom. The highest BCUT2D eigenvalue weighted by atomic mass is 35.5. The number of hydrogen-bond donors (Lipinski definition) is 0. The van der Waals surface area contributed by atoms with Gasteiger partial charge in [0.15, 0.2) is 9.84 Å². The molecule has 1 aliphatic rings. The maximum Gasteiger partial charge on any atom is 0.247 e. The molecule has 7 nitrogen and oxygen atoms in total. The first kappa shape index (κ1) is 19.7. The number of halogens is 2. The van der Waals surface area contributed by atoms with Crippen LogP contribution in [0.5, 0.6) is 17.4 Å².